The van der Waals surface area contributed by atoms with Gasteiger partial charge in [0.05, 0.1) is 53.0 Å². The van der Waals surface area contributed by atoms with Gasteiger partial charge in [0.2, 0.25) is 0 Å². The molecule has 1 heterocycles. The molecule has 8 nitrogen and oxygen atoms in total. The highest BCUT2D eigenvalue weighted by Gasteiger charge is 2.48. The second-order valence-corrected chi connectivity index (χ2v) is 10.6. The monoisotopic (exact) mass is 568 g/mol. The zero-order valence-corrected chi connectivity index (χ0v) is 24.1. The van der Waals surface area contributed by atoms with Crippen molar-refractivity contribution in [1.29, 1.82) is 0 Å². The van der Waals surface area contributed by atoms with Gasteiger partial charge in [-0.05, 0) is 53.1 Å². The smallest absolute Gasteiger partial charge is 0.303 e. The number of hydrogen-bond acceptors (Lipinski definition) is 9. The standard InChI is InChI=1S/C31H36O8S/c1-21(32)39-31-30(38-19-24-9-15-27(35-4)16-10-24)29(37-18-23-7-13-26(34-3)14-8-23)28(40-31)20-36-17-22-5-11-25(33-2)12-6-22/h5-16,28-31H,17-20H2,1-4H3/t28-,29-,30+,31?/m1/s1. The van der Waals surface area contributed by atoms with Crippen LogP contribution in [0.25, 0.3) is 0 Å². The summed E-state index contributed by atoms with van der Waals surface area (Å²) in [7, 11) is 4.91. The first-order valence-electron chi connectivity index (χ1n) is 13.0. The number of benzene rings is 3. The highest BCUT2D eigenvalue weighted by molar-refractivity contribution is 8.00. The molecule has 1 saturated heterocycles. The quantitative estimate of drug-likeness (QED) is 0.237. The molecule has 1 unspecified atom stereocenters. The van der Waals surface area contributed by atoms with E-state index < -0.39 is 11.5 Å². The van der Waals surface area contributed by atoms with Gasteiger partial charge >= 0.3 is 5.97 Å². The summed E-state index contributed by atoms with van der Waals surface area (Å²) in [6.07, 6.45) is -0.880. The highest BCUT2D eigenvalue weighted by atomic mass is 32.2. The van der Waals surface area contributed by atoms with Gasteiger partial charge in [-0.2, -0.15) is 0 Å². The minimum absolute atomic E-state index is 0.123. The number of hydrogen-bond donors (Lipinski definition) is 0. The average molecular weight is 569 g/mol. The Morgan fingerprint density at radius 2 is 1.07 bits per heavy atom. The Bertz CT molecular complexity index is 1180. The van der Waals surface area contributed by atoms with Gasteiger partial charge in [0.15, 0.2) is 5.44 Å². The molecule has 4 atom stereocenters. The molecular formula is C31H36O8S. The molecule has 1 aliphatic rings. The second-order valence-electron chi connectivity index (χ2n) is 9.26. The zero-order valence-electron chi connectivity index (χ0n) is 23.2. The SMILES string of the molecule is COc1ccc(COC[C@H]2SC(OC(C)=O)[C@@H](OCc3ccc(OC)cc3)[C@@H]2OCc2ccc(OC)cc2)cc1. The van der Waals surface area contributed by atoms with E-state index in [1.807, 2.05) is 72.8 Å². The van der Waals surface area contributed by atoms with E-state index >= 15 is 0 Å². The molecule has 40 heavy (non-hydrogen) atoms. The molecule has 0 aromatic heterocycles. The maximum atomic E-state index is 12.0. The van der Waals surface area contributed by atoms with Crippen molar-refractivity contribution in [2.24, 2.45) is 0 Å². The predicted octanol–water partition coefficient (Wildman–Crippen LogP) is 5.40. The van der Waals surface area contributed by atoms with Gasteiger partial charge in [0.1, 0.15) is 29.5 Å². The van der Waals surface area contributed by atoms with Crippen molar-refractivity contribution in [1.82, 2.24) is 0 Å². The third-order valence-corrected chi connectivity index (χ3v) is 7.85. The minimum atomic E-state index is -0.536. The molecule has 3 aromatic rings. The van der Waals surface area contributed by atoms with Crippen LogP contribution in [-0.4, -0.2) is 56.8 Å². The number of carbonyl (C=O) groups excluding carboxylic acids is 1. The lowest BCUT2D eigenvalue weighted by Gasteiger charge is -2.26. The van der Waals surface area contributed by atoms with Crippen LogP contribution in [0.4, 0.5) is 0 Å². The van der Waals surface area contributed by atoms with Crippen LogP contribution in [0.3, 0.4) is 0 Å². The van der Waals surface area contributed by atoms with Gasteiger partial charge in [0, 0.05) is 6.92 Å². The number of thioether (sulfide) groups is 1. The van der Waals surface area contributed by atoms with Gasteiger partial charge in [0.25, 0.3) is 0 Å². The fourth-order valence-corrected chi connectivity index (χ4v) is 5.79. The lowest BCUT2D eigenvalue weighted by atomic mass is 10.1. The van der Waals surface area contributed by atoms with Crippen molar-refractivity contribution < 1.29 is 38.0 Å². The van der Waals surface area contributed by atoms with Crippen LogP contribution in [0.2, 0.25) is 0 Å². The molecule has 1 aliphatic heterocycles. The topological polar surface area (TPSA) is 81.7 Å². The largest absolute Gasteiger partial charge is 0.497 e. The summed E-state index contributed by atoms with van der Waals surface area (Å²) >= 11 is 1.50. The summed E-state index contributed by atoms with van der Waals surface area (Å²) < 4.78 is 40.4. The van der Waals surface area contributed by atoms with Crippen LogP contribution in [0, 0.1) is 0 Å². The molecule has 214 valence electrons. The van der Waals surface area contributed by atoms with Crippen LogP contribution in [0.1, 0.15) is 23.6 Å². The molecule has 0 bridgehead atoms. The summed E-state index contributed by atoms with van der Waals surface area (Å²) in [5.41, 5.74) is 2.46. The number of rotatable bonds is 14. The molecule has 0 aliphatic carbocycles. The third-order valence-electron chi connectivity index (χ3n) is 6.46. The average Bonchev–Trinajstić information content (AvgIpc) is 3.30. The van der Waals surface area contributed by atoms with Crippen LogP contribution in [-0.2, 0) is 43.6 Å². The van der Waals surface area contributed by atoms with E-state index in [1.165, 1.54) is 18.7 Å². The van der Waals surface area contributed by atoms with Crippen LogP contribution in [0.15, 0.2) is 72.8 Å². The summed E-state index contributed by atoms with van der Waals surface area (Å²) in [6.45, 7) is 2.92. The number of methoxy groups -OCH3 is 3. The van der Waals surface area contributed by atoms with Crippen LogP contribution < -0.4 is 14.2 Å². The number of carbonyl (C=O) groups is 1. The Morgan fingerprint density at radius 1 is 0.650 bits per heavy atom. The summed E-state index contributed by atoms with van der Waals surface area (Å²) in [5, 5.41) is -0.123. The van der Waals surface area contributed by atoms with Gasteiger partial charge < -0.3 is 33.2 Å². The van der Waals surface area contributed by atoms with E-state index in [-0.39, 0.29) is 17.3 Å². The van der Waals surface area contributed by atoms with Gasteiger partial charge in [-0.3, -0.25) is 4.79 Å². The minimum Gasteiger partial charge on any atom is -0.497 e. The summed E-state index contributed by atoms with van der Waals surface area (Å²) in [4.78, 5) is 12.0. The summed E-state index contributed by atoms with van der Waals surface area (Å²) in [6, 6.07) is 23.2. The van der Waals surface area contributed by atoms with Crippen molar-refractivity contribution in [3.63, 3.8) is 0 Å². The Labute approximate surface area is 239 Å². The lowest BCUT2D eigenvalue weighted by Crippen LogP contribution is -2.40. The zero-order chi connectivity index (χ0) is 28.3. The van der Waals surface area contributed by atoms with Crippen molar-refractivity contribution in [3.05, 3.63) is 89.5 Å². The Balaban J connectivity index is 1.47. The van der Waals surface area contributed by atoms with E-state index in [0.717, 1.165) is 33.9 Å². The first-order valence-corrected chi connectivity index (χ1v) is 14.0. The van der Waals surface area contributed by atoms with Crippen molar-refractivity contribution in [2.45, 2.75) is 49.6 Å². The molecule has 0 radical (unpaired) electrons. The maximum Gasteiger partial charge on any atom is 0.303 e. The van der Waals surface area contributed by atoms with E-state index in [2.05, 4.69) is 0 Å². The van der Waals surface area contributed by atoms with E-state index in [4.69, 9.17) is 33.2 Å². The van der Waals surface area contributed by atoms with Crippen LogP contribution >= 0.6 is 11.8 Å². The molecule has 0 saturated carbocycles. The third kappa shape index (κ3) is 8.38. The second kappa shape index (κ2) is 14.9. The van der Waals surface area contributed by atoms with Gasteiger partial charge in [-0.1, -0.05) is 36.4 Å². The highest BCUT2D eigenvalue weighted by Crippen LogP contribution is 2.40. The van der Waals surface area contributed by atoms with E-state index in [9.17, 15) is 4.79 Å². The fraction of sp³-hybridized carbons (Fsp3) is 0.387. The molecule has 1 fully saturated rings. The van der Waals surface area contributed by atoms with Crippen molar-refractivity contribution in [3.8, 4) is 17.2 Å². The molecule has 3 aromatic carbocycles. The summed E-state index contributed by atoms with van der Waals surface area (Å²) in [5.74, 6) is 1.97. The van der Waals surface area contributed by atoms with Crippen molar-refractivity contribution in [2.75, 3.05) is 27.9 Å². The predicted molar refractivity (Wildman–Crippen MR) is 153 cm³/mol. The molecular weight excluding hydrogens is 532 g/mol. The molecule has 0 spiro atoms. The molecule has 0 amide bonds. The van der Waals surface area contributed by atoms with Crippen LogP contribution in [0.5, 0.6) is 17.2 Å². The normalized spacial score (nSPS) is 20.2. The molecule has 0 N–H and O–H groups in total. The number of esters is 1. The fourth-order valence-electron chi connectivity index (χ4n) is 4.30. The van der Waals surface area contributed by atoms with Gasteiger partial charge in [-0.15, -0.1) is 11.8 Å². The van der Waals surface area contributed by atoms with Gasteiger partial charge in [-0.25, -0.2) is 0 Å². The van der Waals surface area contributed by atoms with E-state index in [1.54, 1.807) is 21.3 Å². The lowest BCUT2D eigenvalue weighted by molar-refractivity contribution is -0.155. The Kier molecular flexibility index (Phi) is 11.1. The number of ether oxygens (including phenoxy) is 7. The first-order chi connectivity index (χ1) is 19.5. The molecule has 4 rings (SSSR count). The van der Waals surface area contributed by atoms with Crippen molar-refractivity contribution >= 4 is 17.7 Å². The maximum absolute atomic E-state index is 12.0. The van der Waals surface area contributed by atoms with E-state index in [0.29, 0.717) is 26.4 Å². The first kappa shape index (κ1) is 29.7. The molecule has 9 heteroatoms. The Morgan fingerprint density at radius 3 is 1.50 bits per heavy atom. The Hall–Kier alpha value is -3.24.